The Kier molecular flexibility index (Phi) is 6.59. The predicted molar refractivity (Wildman–Crippen MR) is 90.7 cm³/mol. The van der Waals surface area contributed by atoms with Crippen molar-refractivity contribution in [2.24, 2.45) is 11.3 Å². The fourth-order valence-corrected chi connectivity index (χ4v) is 2.52. The Morgan fingerprint density at radius 1 is 1.35 bits per heavy atom. The number of hydrogen-bond donors (Lipinski definition) is 3. The van der Waals surface area contributed by atoms with Crippen LogP contribution >= 0.6 is 0 Å². The summed E-state index contributed by atoms with van der Waals surface area (Å²) in [7, 11) is 0. The second-order valence-corrected chi connectivity index (χ2v) is 6.96. The van der Waals surface area contributed by atoms with Crippen molar-refractivity contribution >= 4 is 6.03 Å². The lowest BCUT2D eigenvalue weighted by molar-refractivity contribution is 0.0151. The summed E-state index contributed by atoms with van der Waals surface area (Å²) >= 11 is 0. The standard InChI is InChI=1S/C18H27N3O2/c1-12(2)16(22)18(4,5)11-20-17(23)21-13(3)15-8-6-7-14(9-15)10-19/h6-9,12-13,16,22H,11H2,1-5H3,(H2,20,21,23)/t13-,16+/m1/s1. The van der Waals surface area contributed by atoms with Crippen molar-refractivity contribution in [3.8, 4) is 6.07 Å². The van der Waals surface area contributed by atoms with Crippen LogP contribution in [0.2, 0.25) is 0 Å². The van der Waals surface area contributed by atoms with Gasteiger partial charge in [0.05, 0.1) is 23.8 Å². The molecule has 0 fully saturated rings. The topological polar surface area (TPSA) is 85.2 Å². The normalized spacial score (nSPS) is 14.0. The van der Waals surface area contributed by atoms with E-state index < -0.39 is 11.5 Å². The fourth-order valence-electron chi connectivity index (χ4n) is 2.52. The highest BCUT2D eigenvalue weighted by Crippen LogP contribution is 2.25. The highest BCUT2D eigenvalue weighted by molar-refractivity contribution is 5.74. The number of carbonyl (C=O) groups excluding carboxylic acids is 1. The van der Waals surface area contributed by atoms with Crippen molar-refractivity contribution in [1.29, 1.82) is 5.26 Å². The zero-order valence-corrected chi connectivity index (χ0v) is 14.6. The second kappa shape index (κ2) is 7.98. The molecule has 5 nitrogen and oxygen atoms in total. The van der Waals surface area contributed by atoms with Crippen LogP contribution in [-0.4, -0.2) is 23.8 Å². The van der Waals surface area contributed by atoms with E-state index in [0.717, 1.165) is 5.56 Å². The molecule has 0 heterocycles. The van der Waals surface area contributed by atoms with Crippen LogP contribution in [0.15, 0.2) is 24.3 Å². The molecule has 5 heteroatoms. The third-order valence-electron chi connectivity index (χ3n) is 4.00. The Morgan fingerprint density at radius 3 is 2.57 bits per heavy atom. The number of nitrogens with one attached hydrogen (secondary N) is 2. The summed E-state index contributed by atoms with van der Waals surface area (Å²) in [5, 5.41) is 24.8. The first-order chi connectivity index (χ1) is 10.7. The Morgan fingerprint density at radius 2 is 2.00 bits per heavy atom. The molecule has 0 aliphatic carbocycles. The van der Waals surface area contributed by atoms with E-state index in [-0.39, 0.29) is 18.0 Å². The molecule has 0 bridgehead atoms. The lowest BCUT2D eigenvalue weighted by Gasteiger charge is -2.33. The molecule has 0 aliphatic heterocycles. The molecule has 1 aromatic carbocycles. The number of benzene rings is 1. The summed E-state index contributed by atoms with van der Waals surface area (Å²) in [4.78, 5) is 12.1. The van der Waals surface area contributed by atoms with Gasteiger partial charge in [-0.25, -0.2) is 4.79 Å². The zero-order chi connectivity index (χ0) is 17.6. The van der Waals surface area contributed by atoms with E-state index >= 15 is 0 Å². The minimum Gasteiger partial charge on any atom is -0.392 e. The molecule has 0 saturated carbocycles. The molecule has 23 heavy (non-hydrogen) atoms. The predicted octanol–water partition coefficient (Wildman–Crippen LogP) is 2.96. The van der Waals surface area contributed by atoms with Crippen LogP contribution in [0.3, 0.4) is 0 Å². The van der Waals surface area contributed by atoms with Crippen LogP contribution in [0, 0.1) is 22.7 Å². The quantitative estimate of drug-likeness (QED) is 0.754. The SMILES string of the molecule is CC(C)[C@H](O)C(C)(C)CNC(=O)N[C@H](C)c1cccc(C#N)c1. The molecule has 3 N–H and O–H groups in total. The number of rotatable bonds is 6. The molecule has 0 aromatic heterocycles. The molecule has 0 aliphatic rings. The van der Waals surface area contributed by atoms with Gasteiger partial charge < -0.3 is 15.7 Å². The summed E-state index contributed by atoms with van der Waals surface area (Å²) in [6, 6.07) is 8.75. The van der Waals surface area contributed by atoms with Gasteiger partial charge in [-0.3, -0.25) is 0 Å². The Hall–Kier alpha value is -2.06. The van der Waals surface area contributed by atoms with E-state index in [1.165, 1.54) is 0 Å². The van der Waals surface area contributed by atoms with Crippen molar-refractivity contribution in [2.45, 2.75) is 46.8 Å². The van der Waals surface area contributed by atoms with Crippen molar-refractivity contribution in [3.63, 3.8) is 0 Å². The number of nitrogens with zero attached hydrogens (tertiary/aromatic N) is 1. The number of hydrogen-bond acceptors (Lipinski definition) is 3. The average molecular weight is 317 g/mol. The molecular weight excluding hydrogens is 290 g/mol. The molecule has 2 amide bonds. The molecule has 1 aromatic rings. The second-order valence-electron chi connectivity index (χ2n) is 6.96. The lowest BCUT2D eigenvalue weighted by Crippen LogP contribution is -2.46. The van der Waals surface area contributed by atoms with Gasteiger partial charge in [-0.15, -0.1) is 0 Å². The number of amides is 2. The van der Waals surface area contributed by atoms with Gasteiger partial charge in [0.1, 0.15) is 0 Å². The van der Waals surface area contributed by atoms with E-state index in [1.807, 2.05) is 40.7 Å². The number of carbonyl (C=O) groups is 1. The fraction of sp³-hybridized carbons (Fsp3) is 0.556. The third kappa shape index (κ3) is 5.57. The van der Waals surface area contributed by atoms with Gasteiger partial charge in [0.25, 0.3) is 0 Å². The van der Waals surface area contributed by atoms with Crippen LogP contribution < -0.4 is 10.6 Å². The van der Waals surface area contributed by atoms with Crippen molar-refractivity contribution in [1.82, 2.24) is 10.6 Å². The van der Waals surface area contributed by atoms with Gasteiger partial charge in [-0.2, -0.15) is 5.26 Å². The first-order valence-corrected chi connectivity index (χ1v) is 7.90. The van der Waals surface area contributed by atoms with Crippen LogP contribution in [0.25, 0.3) is 0 Å². The largest absolute Gasteiger partial charge is 0.392 e. The molecule has 0 radical (unpaired) electrons. The Bertz CT molecular complexity index is 576. The minimum atomic E-state index is -0.493. The Balaban J connectivity index is 2.58. The molecular formula is C18H27N3O2. The maximum atomic E-state index is 12.1. The van der Waals surface area contributed by atoms with Gasteiger partial charge in [-0.05, 0) is 30.5 Å². The van der Waals surface area contributed by atoms with Crippen LogP contribution in [0.4, 0.5) is 4.79 Å². The van der Waals surface area contributed by atoms with Crippen molar-refractivity contribution < 1.29 is 9.90 Å². The summed E-state index contributed by atoms with van der Waals surface area (Å²) in [6.45, 7) is 10.0. The molecule has 2 atom stereocenters. The lowest BCUT2D eigenvalue weighted by atomic mass is 9.81. The number of nitriles is 1. The summed E-state index contributed by atoms with van der Waals surface area (Å²) < 4.78 is 0. The van der Waals surface area contributed by atoms with E-state index in [0.29, 0.717) is 12.1 Å². The molecule has 0 spiro atoms. The van der Waals surface area contributed by atoms with Gasteiger partial charge in [0.15, 0.2) is 0 Å². The summed E-state index contributed by atoms with van der Waals surface area (Å²) in [5.74, 6) is 0.127. The zero-order valence-electron chi connectivity index (χ0n) is 14.6. The summed E-state index contributed by atoms with van der Waals surface area (Å²) in [6.07, 6.45) is -0.493. The minimum absolute atomic E-state index is 0.127. The number of aliphatic hydroxyl groups is 1. The van der Waals surface area contributed by atoms with E-state index in [9.17, 15) is 9.90 Å². The van der Waals surface area contributed by atoms with Crippen LogP contribution in [0.1, 0.15) is 51.8 Å². The number of aliphatic hydroxyl groups excluding tert-OH is 1. The maximum absolute atomic E-state index is 12.1. The van der Waals surface area contributed by atoms with Gasteiger partial charge in [0.2, 0.25) is 0 Å². The van der Waals surface area contributed by atoms with Gasteiger partial charge in [-0.1, -0.05) is 39.8 Å². The highest BCUT2D eigenvalue weighted by atomic mass is 16.3. The van der Waals surface area contributed by atoms with Crippen molar-refractivity contribution in [3.05, 3.63) is 35.4 Å². The van der Waals surface area contributed by atoms with E-state index in [4.69, 9.17) is 5.26 Å². The molecule has 1 rings (SSSR count). The first kappa shape index (κ1) is 19.0. The molecule has 0 unspecified atom stereocenters. The van der Waals surface area contributed by atoms with Crippen LogP contribution in [0.5, 0.6) is 0 Å². The smallest absolute Gasteiger partial charge is 0.315 e. The summed E-state index contributed by atoms with van der Waals surface area (Å²) in [5.41, 5.74) is 1.04. The van der Waals surface area contributed by atoms with E-state index in [2.05, 4.69) is 16.7 Å². The van der Waals surface area contributed by atoms with Crippen molar-refractivity contribution in [2.75, 3.05) is 6.54 Å². The van der Waals surface area contributed by atoms with Crippen LogP contribution in [-0.2, 0) is 0 Å². The average Bonchev–Trinajstić information content (AvgIpc) is 2.52. The third-order valence-corrected chi connectivity index (χ3v) is 4.00. The monoisotopic (exact) mass is 317 g/mol. The molecule has 0 saturated heterocycles. The highest BCUT2D eigenvalue weighted by Gasteiger charge is 2.30. The van der Waals surface area contributed by atoms with E-state index in [1.54, 1.807) is 18.2 Å². The van der Waals surface area contributed by atoms with Gasteiger partial charge in [0, 0.05) is 12.0 Å². The number of urea groups is 1. The van der Waals surface area contributed by atoms with Gasteiger partial charge >= 0.3 is 6.03 Å². The Labute approximate surface area is 138 Å². The molecule has 126 valence electrons. The first-order valence-electron chi connectivity index (χ1n) is 7.90. The maximum Gasteiger partial charge on any atom is 0.315 e.